The molecule has 1 aliphatic heterocycles. The first-order chi connectivity index (χ1) is 11.5. The topological polar surface area (TPSA) is 69.0 Å². The summed E-state index contributed by atoms with van der Waals surface area (Å²) in [5.74, 6) is 0. The smallest absolute Gasteiger partial charge is 0.433 e. The fourth-order valence-corrected chi connectivity index (χ4v) is 2.54. The number of halogens is 3. The van der Waals surface area contributed by atoms with E-state index in [0.717, 1.165) is 31.9 Å². The summed E-state index contributed by atoms with van der Waals surface area (Å²) < 4.78 is 43.4. The molecule has 0 saturated carbocycles. The van der Waals surface area contributed by atoms with Crippen molar-refractivity contribution in [1.29, 1.82) is 0 Å². The van der Waals surface area contributed by atoms with E-state index in [4.69, 9.17) is 4.74 Å². The molecule has 3 rings (SSSR count). The molecule has 2 aromatic heterocycles. The molecule has 0 amide bonds. The predicted octanol–water partition coefficient (Wildman–Crippen LogP) is 1.63. The van der Waals surface area contributed by atoms with E-state index in [1.807, 2.05) is 0 Å². The summed E-state index contributed by atoms with van der Waals surface area (Å²) in [5.41, 5.74) is -0.989. The molecule has 0 unspecified atom stereocenters. The van der Waals surface area contributed by atoms with Gasteiger partial charge in [-0.25, -0.2) is 4.98 Å². The standard InChI is InChI=1S/C14H17F3N6O/c15-14(16,17)12-1-4-18-13(21-12)24-11-2-7-22(8-3-11)9-10-23-19-5-6-20-23/h1,4-6,11H,2-3,7-10H2. The van der Waals surface area contributed by atoms with E-state index < -0.39 is 11.9 Å². The largest absolute Gasteiger partial charge is 0.460 e. The molecule has 0 N–H and O–H groups in total. The molecule has 130 valence electrons. The number of piperidine rings is 1. The van der Waals surface area contributed by atoms with E-state index in [1.54, 1.807) is 17.2 Å². The minimum atomic E-state index is -4.50. The Hall–Kier alpha value is -2.23. The molecule has 24 heavy (non-hydrogen) atoms. The molecule has 7 nitrogen and oxygen atoms in total. The van der Waals surface area contributed by atoms with Gasteiger partial charge in [-0.15, -0.1) is 0 Å². The Labute approximate surface area is 136 Å². The predicted molar refractivity (Wildman–Crippen MR) is 77.1 cm³/mol. The van der Waals surface area contributed by atoms with Crippen molar-refractivity contribution in [2.45, 2.75) is 31.7 Å². The summed E-state index contributed by atoms with van der Waals surface area (Å²) in [6, 6.07) is 0.614. The fraction of sp³-hybridized carbons (Fsp3) is 0.571. The van der Waals surface area contributed by atoms with Gasteiger partial charge in [0.1, 0.15) is 6.10 Å². The van der Waals surface area contributed by atoms with Crippen molar-refractivity contribution in [3.8, 4) is 6.01 Å². The Balaban J connectivity index is 1.47. The lowest BCUT2D eigenvalue weighted by Gasteiger charge is -2.31. The van der Waals surface area contributed by atoms with Crippen molar-refractivity contribution in [3.63, 3.8) is 0 Å². The van der Waals surface area contributed by atoms with E-state index in [-0.39, 0.29) is 12.1 Å². The average Bonchev–Trinajstić information content (AvgIpc) is 3.07. The lowest BCUT2D eigenvalue weighted by atomic mass is 10.1. The first kappa shape index (κ1) is 16.6. The summed E-state index contributed by atoms with van der Waals surface area (Å²) >= 11 is 0. The first-order valence-electron chi connectivity index (χ1n) is 7.64. The van der Waals surface area contributed by atoms with Crippen LogP contribution in [0.4, 0.5) is 13.2 Å². The van der Waals surface area contributed by atoms with Crippen LogP contribution in [0, 0.1) is 0 Å². The summed E-state index contributed by atoms with van der Waals surface area (Å²) in [6.45, 7) is 3.12. The van der Waals surface area contributed by atoms with Crippen LogP contribution in [0.2, 0.25) is 0 Å². The summed E-state index contributed by atoms with van der Waals surface area (Å²) in [5, 5.41) is 8.09. The van der Waals surface area contributed by atoms with E-state index in [2.05, 4.69) is 25.1 Å². The number of ether oxygens (including phenoxy) is 1. The Morgan fingerprint density at radius 1 is 1.08 bits per heavy atom. The first-order valence-corrected chi connectivity index (χ1v) is 7.64. The maximum absolute atomic E-state index is 12.6. The monoisotopic (exact) mass is 342 g/mol. The molecule has 3 heterocycles. The number of nitrogens with zero attached hydrogens (tertiary/aromatic N) is 6. The Bertz CT molecular complexity index is 640. The van der Waals surface area contributed by atoms with Crippen molar-refractivity contribution in [2.24, 2.45) is 0 Å². The molecule has 0 spiro atoms. The maximum Gasteiger partial charge on any atom is 0.433 e. The van der Waals surface area contributed by atoms with Crippen LogP contribution in [0.5, 0.6) is 6.01 Å². The number of hydrogen-bond acceptors (Lipinski definition) is 6. The van der Waals surface area contributed by atoms with Crippen LogP contribution < -0.4 is 4.74 Å². The van der Waals surface area contributed by atoms with Gasteiger partial charge in [0.2, 0.25) is 0 Å². The minimum absolute atomic E-state index is 0.174. The number of hydrogen-bond donors (Lipinski definition) is 0. The summed E-state index contributed by atoms with van der Waals surface area (Å²) in [7, 11) is 0. The molecule has 0 radical (unpaired) electrons. The lowest BCUT2D eigenvalue weighted by Crippen LogP contribution is -2.40. The number of rotatable bonds is 5. The number of likely N-dealkylation sites (tertiary alicyclic amines) is 1. The molecule has 1 saturated heterocycles. The van der Waals surface area contributed by atoms with Gasteiger partial charge in [-0.2, -0.15) is 33.1 Å². The molecule has 10 heteroatoms. The molecular weight excluding hydrogens is 325 g/mol. The van der Waals surface area contributed by atoms with Crippen molar-refractivity contribution >= 4 is 0 Å². The third kappa shape index (κ3) is 4.40. The van der Waals surface area contributed by atoms with Crippen LogP contribution in [0.3, 0.4) is 0 Å². The highest BCUT2D eigenvalue weighted by molar-refractivity contribution is 5.09. The Kier molecular flexibility index (Phi) is 4.93. The molecule has 0 aromatic carbocycles. The second-order valence-corrected chi connectivity index (χ2v) is 5.51. The van der Waals surface area contributed by atoms with Gasteiger partial charge >= 0.3 is 12.2 Å². The highest BCUT2D eigenvalue weighted by Gasteiger charge is 2.33. The molecule has 1 aliphatic rings. The molecule has 0 bridgehead atoms. The van der Waals surface area contributed by atoms with Crippen molar-refractivity contribution in [3.05, 3.63) is 30.4 Å². The molecule has 2 aromatic rings. The molecule has 0 atom stereocenters. The number of alkyl halides is 3. The van der Waals surface area contributed by atoms with Crippen LogP contribution in [0.15, 0.2) is 24.7 Å². The third-order valence-corrected chi connectivity index (χ3v) is 3.81. The van der Waals surface area contributed by atoms with Gasteiger partial charge in [-0.3, -0.25) is 0 Å². The zero-order chi connectivity index (χ0) is 17.0. The summed E-state index contributed by atoms with van der Waals surface area (Å²) in [6.07, 6.45) is 1.10. The van der Waals surface area contributed by atoms with Crippen molar-refractivity contribution in [1.82, 2.24) is 29.9 Å². The zero-order valence-electron chi connectivity index (χ0n) is 12.9. The van der Waals surface area contributed by atoms with Gasteiger partial charge in [0, 0.05) is 25.8 Å². The van der Waals surface area contributed by atoms with E-state index in [1.165, 1.54) is 0 Å². The molecule has 1 fully saturated rings. The fourth-order valence-electron chi connectivity index (χ4n) is 2.54. The highest BCUT2D eigenvalue weighted by Crippen LogP contribution is 2.28. The van der Waals surface area contributed by atoms with Crippen LogP contribution in [0.1, 0.15) is 18.5 Å². The maximum atomic E-state index is 12.6. The number of aromatic nitrogens is 5. The normalized spacial score (nSPS) is 17.1. The quantitative estimate of drug-likeness (QED) is 0.823. The zero-order valence-corrected chi connectivity index (χ0v) is 12.9. The molecule has 0 aliphatic carbocycles. The van der Waals surface area contributed by atoms with Gasteiger partial charge in [0.05, 0.1) is 18.9 Å². The SMILES string of the molecule is FC(F)(F)c1ccnc(OC2CCN(CCn3nccn3)CC2)n1. The van der Waals surface area contributed by atoms with Gasteiger partial charge in [-0.1, -0.05) is 0 Å². The average molecular weight is 342 g/mol. The van der Waals surface area contributed by atoms with E-state index >= 15 is 0 Å². The van der Waals surface area contributed by atoms with Crippen molar-refractivity contribution < 1.29 is 17.9 Å². The Morgan fingerprint density at radius 2 is 1.79 bits per heavy atom. The van der Waals surface area contributed by atoms with Gasteiger partial charge in [-0.05, 0) is 18.9 Å². The van der Waals surface area contributed by atoms with Crippen LogP contribution in [-0.2, 0) is 12.7 Å². The minimum Gasteiger partial charge on any atom is -0.460 e. The van der Waals surface area contributed by atoms with Gasteiger partial charge < -0.3 is 9.64 Å². The van der Waals surface area contributed by atoms with Gasteiger partial charge in [0.25, 0.3) is 0 Å². The Morgan fingerprint density at radius 3 is 2.46 bits per heavy atom. The molecular formula is C14H17F3N6O. The summed E-state index contributed by atoms with van der Waals surface area (Å²) in [4.78, 5) is 11.1. The van der Waals surface area contributed by atoms with E-state index in [0.29, 0.717) is 19.4 Å². The van der Waals surface area contributed by atoms with E-state index in [9.17, 15) is 13.2 Å². The van der Waals surface area contributed by atoms with Crippen LogP contribution in [0.25, 0.3) is 0 Å². The van der Waals surface area contributed by atoms with Crippen LogP contribution in [-0.4, -0.2) is 55.6 Å². The van der Waals surface area contributed by atoms with Crippen LogP contribution >= 0.6 is 0 Å². The second-order valence-electron chi connectivity index (χ2n) is 5.51. The lowest BCUT2D eigenvalue weighted by molar-refractivity contribution is -0.141. The third-order valence-electron chi connectivity index (χ3n) is 3.81. The van der Waals surface area contributed by atoms with Gasteiger partial charge in [0.15, 0.2) is 5.69 Å². The second kappa shape index (κ2) is 7.12. The highest BCUT2D eigenvalue weighted by atomic mass is 19.4. The van der Waals surface area contributed by atoms with Crippen molar-refractivity contribution in [2.75, 3.05) is 19.6 Å².